The highest BCUT2D eigenvalue weighted by Gasteiger charge is 2.37. The van der Waals surface area contributed by atoms with Gasteiger partial charge in [0.1, 0.15) is 0 Å². The summed E-state index contributed by atoms with van der Waals surface area (Å²) in [6.45, 7) is 7.38. The monoisotopic (exact) mass is 238 g/mol. The first-order valence-electron chi connectivity index (χ1n) is 7.56. The Labute approximate surface area is 107 Å². The summed E-state index contributed by atoms with van der Waals surface area (Å²) in [5.41, 5.74) is 0.769. The van der Waals surface area contributed by atoms with Crippen LogP contribution in [0.3, 0.4) is 0 Å². The largest absolute Gasteiger partial charge is 0.317 e. The third kappa shape index (κ3) is 3.23. The van der Waals surface area contributed by atoms with Crippen LogP contribution in [0.25, 0.3) is 0 Å². The van der Waals surface area contributed by atoms with Gasteiger partial charge in [0, 0.05) is 12.1 Å². The highest BCUT2D eigenvalue weighted by atomic mass is 15.2. The second-order valence-corrected chi connectivity index (χ2v) is 6.52. The van der Waals surface area contributed by atoms with E-state index in [9.17, 15) is 0 Å². The molecule has 2 unspecified atom stereocenters. The Bertz CT molecular complexity index is 223. The van der Waals surface area contributed by atoms with Gasteiger partial charge in [-0.25, -0.2) is 0 Å². The fourth-order valence-electron chi connectivity index (χ4n) is 3.84. The fourth-order valence-corrected chi connectivity index (χ4v) is 3.84. The van der Waals surface area contributed by atoms with Crippen molar-refractivity contribution in [2.75, 3.05) is 20.1 Å². The van der Waals surface area contributed by atoms with Gasteiger partial charge < -0.3 is 10.2 Å². The Balaban J connectivity index is 1.78. The van der Waals surface area contributed by atoms with Crippen molar-refractivity contribution >= 4 is 0 Å². The van der Waals surface area contributed by atoms with Gasteiger partial charge in [-0.2, -0.15) is 0 Å². The van der Waals surface area contributed by atoms with E-state index in [1.165, 1.54) is 58.0 Å². The Morgan fingerprint density at radius 1 is 1.06 bits per heavy atom. The van der Waals surface area contributed by atoms with Gasteiger partial charge in [0.2, 0.25) is 0 Å². The number of likely N-dealkylation sites (tertiary alicyclic amines) is 1. The van der Waals surface area contributed by atoms with Crippen molar-refractivity contribution in [3.63, 3.8) is 0 Å². The van der Waals surface area contributed by atoms with E-state index >= 15 is 0 Å². The van der Waals surface area contributed by atoms with Crippen molar-refractivity contribution in [2.24, 2.45) is 5.41 Å². The summed E-state index contributed by atoms with van der Waals surface area (Å²) < 4.78 is 0. The number of nitrogens with one attached hydrogen (secondary N) is 1. The summed E-state index contributed by atoms with van der Waals surface area (Å²) >= 11 is 0. The van der Waals surface area contributed by atoms with Crippen LogP contribution in [0.4, 0.5) is 0 Å². The molecule has 2 atom stereocenters. The summed E-state index contributed by atoms with van der Waals surface area (Å²) in [5, 5.41) is 3.36. The van der Waals surface area contributed by atoms with E-state index in [-0.39, 0.29) is 0 Å². The van der Waals surface area contributed by atoms with E-state index in [4.69, 9.17) is 0 Å². The van der Waals surface area contributed by atoms with Crippen molar-refractivity contribution in [3.8, 4) is 0 Å². The van der Waals surface area contributed by atoms with E-state index in [1.54, 1.807) is 0 Å². The van der Waals surface area contributed by atoms with E-state index in [2.05, 4.69) is 31.1 Å². The van der Waals surface area contributed by atoms with Gasteiger partial charge in [-0.1, -0.05) is 12.8 Å². The van der Waals surface area contributed by atoms with Gasteiger partial charge >= 0.3 is 0 Å². The Hall–Kier alpha value is -0.0800. The zero-order valence-corrected chi connectivity index (χ0v) is 12.0. The van der Waals surface area contributed by atoms with Crippen LogP contribution >= 0.6 is 0 Å². The molecule has 2 nitrogen and oxygen atoms in total. The standard InChI is InChI=1S/C15H30N2/c1-13(16-3)12-14(2)17-10-8-15(9-11-17)6-4-5-7-15/h13-14,16H,4-12H2,1-3H3. The van der Waals surface area contributed by atoms with Crippen molar-refractivity contribution in [3.05, 3.63) is 0 Å². The van der Waals surface area contributed by atoms with Gasteiger partial charge in [0.05, 0.1) is 0 Å². The van der Waals surface area contributed by atoms with Crippen LogP contribution in [0.2, 0.25) is 0 Å². The minimum atomic E-state index is 0.646. The first-order valence-corrected chi connectivity index (χ1v) is 7.56. The van der Waals surface area contributed by atoms with Crippen LogP contribution in [-0.2, 0) is 0 Å². The lowest BCUT2D eigenvalue weighted by atomic mass is 9.76. The number of rotatable bonds is 4. The summed E-state index contributed by atoms with van der Waals surface area (Å²) in [7, 11) is 2.07. The van der Waals surface area contributed by atoms with Crippen LogP contribution in [0, 0.1) is 5.41 Å². The number of hydrogen-bond donors (Lipinski definition) is 1. The lowest BCUT2D eigenvalue weighted by Crippen LogP contribution is -2.45. The molecule has 1 aliphatic heterocycles. The van der Waals surface area contributed by atoms with Crippen LogP contribution < -0.4 is 5.32 Å². The predicted molar refractivity (Wildman–Crippen MR) is 74.3 cm³/mol. The third-order valence-corrected chi connectivity index (χ3v) is 5.33. The van der Waals surface area contributed by atoms with Crippen LogP contribution in [0.1, 0.15) is 58.8 Å². The van der Waals surface area contributed by atoms with Gasteiger partial charge in [0.25, 0.3) is 0 Å². The maximum absolute atomic E-state index is 3.36. The lowest BCUT2D eigenvalue weighted by molar-refractivity contribution is 0.0758. The zero-order valence-electron chi connectivity index (χ0n) is 12.0. The molecular weight excluding hydrogens is 208 g/mol. The van der Waals surface area contributed by atoms with E-state index < -0.39 is 0 Å². The highest BCUT2D eigenvalue weighted by Crippen LogP contribution is 2.46. The smallest absolute Gasteiger partial charge is 0.00816 e. The Kier molecular flexibility index (Phi) is 4.48. The maximum Gasteiger partial charge on any atom is 0.00816 e. The van der Waals surface area contributed by atoms with E-state index in [0.29, 0.717) is 6.04 Å². The van der Waals surface area contributed by atoms with Gasteiger partial charge in [-0.3, -0.25) is 0 Å². The third-order valence-electron chi connectivity index (χ3n) is 5.33. The summed E-state index contributed by atoms with van der Waals surface area (Å²) in [4.78, 5) is 2.72. The fraction of sp³-hybridized carbons (Fsp3) is 1.00. The average molecular weight is 238 g/mol. The molecule has 1 saturated carbocycles. The van der Waals surface area contributed by atoms with Crippen molar-refractivity contribution < 1.29 is 0 Å². The second-order valence-electron chi connectivity index (χ2n) is 6.52. The minimum Gasteiger partial charge on any atom is -0.317 e. The molecule has 0 amide bonds. The molecule has 1 aliphatic carbocycles. The average Bonchev–Trinajstić information content (AvgIpc) is 2.78. The first kappa shape index (κ1) is 13.4. The molecule has 0 aromatic heterocycles. The van der Waals surface area contributed by atoms with Crippen molar-refractivity contribution in [1.82, 2.24) is 10.2 Å². The summed E-state index contributed by atoms with van der Waals surface area (Å²) in [6.07, 6.45) is 10.2. The SMILES string of the molecule is CNC(C)CC(C)N1CCC2(CCCC2)CC1. The molecule has 17 heavy (non-hydrogen) atoms. The molecule has 0 aromatic carbocycles. The summed E-state index contributed by atoms with van der Waals surface area (Å²) in [5.74, 6) is 0. The van der Waals surface area contributed by atoms with Gasteiger partial charge in [-0.05, 0) is 71.5 Å². The minimum absolute atomic E-state index is 0.646. The number of hydrogen-bond acceptors (Lipinski definition) is 2. The molecule has 1 spiro atoms. The quantitative estimate of drug-likeness (QED) is 0.810. The molecular formula is C15H30N2. The Morgan fingerprint density at radius 3 is 2.18 bits per heavy atom. The molecule has 0 radical (unpaired) electrons. The van der Waals surface area contributed by atoms with E-state index in [1.807, 2.05) is 0 Å². The topological polar surface area (TPSA) is 15.3 Å². The molecule has 2 aliphatic rings. The predicted octanol–water partition coefficient (Wildman–Crippen LogP) is 3.03. The van der Waals surface area contributed by atoms with E-state index in [0.717, 1.165) is 11.5 Å². The molecule has 0 bridgehead atoms. The second kappa shape index (κ2) is 5.71. The molecule has 1 saturated heterocycles. The molecule has 1 heterocycles. The molecule has 2 rings (SSSR count). The van der Waals surface area contributed by atoms with Crippen LogP contribution in [-0.4, -0.2) is 37.1 Å². The van der Waals surface area contributed by atoms with Crippen molar-refractivity contribution in [1.29, 1.82) is 0 Å². The molecule has 100 valence electrons. The molecule has 2 fully saturated rings. The van der Waals surface area contributed by atoms with Crippen LogP contribution in [0.15, 0.2) is 0 Å². The van der Waals surface area contributed by atoms with Crippen LogP contribution in [0.5, 0.6) is 0 Å². The molecule has 1 N–H and O–H groups in total. The maximum atomic E-state index is 3.36. The number of nitrogens with zero attached hydrogens (tertiary/aromatic N) is 1. The zero-order chi connectivity index (χ0) is 12.3. The summed E-state index contributed by atoms with van der Waals surface area (Å²) in [6, 6.07) is 1.39. The normalized spacial score (nSPS) is 28.4. The number of piperidine rings is 1. The highest BCUT2D eigenvalue weighted by molar-refractivity contribution is 4.91. The van der Waals surface area contributed by atoms with Gasteiger partial charge in [0.15, 0.2) is 0 Å². The molecule has 0 aromatic rings. The molecule has 2 heteroatoms. The van der Waals surface area contributed by atoms with Gasteiger partial charge in [-0.15, -0.1) is 0 Å². The van der Waals surface area contributed by atoms with Crippen molar-refractivity contribution in [2.45, 2.75) is 70.9 Å². The lowest BCUT2D eigenvalue weighted by Gasteiger charge is -2.42. The first-order chi connectivity index (χ1) is 8.15. The Morgan fingerprint density at radius 2 is 1.65 bits per heavy atom.